The molecule has 3 heterocycles. The van der Waals surface area contributed by atoms with Crippen LogP contribution in [0.3, 0.4) is 0 Å². The second kappa shape index (κ2) is 3.84. The fourth-order valence-electron chi connectivity index (χ4n) is 2.56. The zero-order valence-electron chi connectivity index (χ0n) is 10.8. The Bertz CT molecular complexity index is 978. The van der Waals surface area contributed by atoms with Gasteiger partial charge in [0.1, 0.15) is 5.76 Å². The van der Waals surface area contributed by atoms with Crippen LogP contribution in [-0.4, -0.2) is 14.6 Å². The average molecular weight is 265 g/mol. The second-order valence-corrected chi connectivity index (χ2v) is 4.76. The van der Waals surface area contributed by atoms with Gasteiger partial charge in [0, 0.05) is 10.9 Å². The Hall–Kier alpha value is -2.82. The second-order valence-electron chi connectivity index (χ2n) is 4.76. The molecule has 5 nitrogen and oxygen atoms in total. The molecule has 0 radical (unpaired) electrons. The van der Waals surface area contributed by atoms with E-state index in [1.807, 2.05) is 43.3 Å². The minimum atomic E-state index is -0.235. The summed E-state index contributed by atoms with van der Waals surface area (Å²) in [5, 5.41) is 7.53. The van der Waals surface area contributed by atoms with Crippen molar-refractivity contribution in [2.75, 3.05) is 0 Å². The van der Waals surface area contributed by atoms with Crippen LogP contribution in [0.15, 0.2) is 51.9 Å². The van der Waals surface area contributed by atoms with Crippen LogP contribution in [-0.2, 0) is 0 Å². The fourth-order valence-corrected chi connectivity index (χ4v) is 2.56. The van der Waals surface area contributed by atoms with E-state index in [2.05, 4.69) is 10.2 Å². The summed E-state index contributed by atoms with van der Waals surface area (Å²) in [4.78, 5) is 11.9. The van der Waals surface area contributed by atoms with E-state index < -0.39 is 0 Å². The third kappa shape index (κ3) is 1.43. The van der Waals surface area contributed by atoms with Gasteiger partial charge in [-0.15, -0.1) is 0 Å². The first kappa shape index (κ1) is 11.0. The summed E-state index contributed by atoms with van der Waals surface area (Å²) in [6, 6.07) is 11.6. The van der Waals surface area contributed by atoms with Gasteiger partial charge in [0.25, 0.3) is 0 Å². The van der Waals surface area contributed by atoms with E-state index in [1.54, 1.807) is 10.7 Å². The summed E-state index contributed by atoms with van der Waals surface area (Å²) in [6.45, 7) is 2.01. The van der Waals surface area contributed by atoms with Crippen LogP contribution in [0.4, 0.5) is 0 Å². The number of aromatic amines is 1. The molecule has 98 valence electrons. The summed E-state index contributed by atoms with van der Waals surface area (Å²) >= 11 is 0. The van der Waals surface area contributed by atoms with Crippen LogP contribution in [0, 0.1) is 6.92 Å². The van der Waals surface area contributed by atoms with Crippen molar-refractivity contribution in [2.45, 2.75) is 6.92 Å². The van der Waals surface area contributed by atoms with E-state index in [9.17, 15) is 4.79 Å². The Morgan fingerprint density at radius 1 is 1.25 bits per heavy atom. The number of aryl methyl sites for hydroxylation is 1. The maximum absolute atomic E-state index is 11.9. The van der Waals surface area contributed by atoms with Gasteiger partial charge < -0.3 is 4.42 Å². The SMILES string of the molecule is Cc1cc2n[nH]c(=O)n2c2cc(-c3ccco3)ccc12. The number of aromatic nitrogens is 3. The molecule has 20 heavy (non-hydrogen) atoms. The molecule has 0 fully saturated rings. The van der Waals surface area contributed by atoms with E-state index >= 15 is 0 Å². The van der Waals surface area contributed by atoms with Gasteiger partial charge in [0.05, 0.1) is 11.8 Å². The van der Waals surface area contributed by atoms with Gasteiger partial charge in [0.2, 0.25) is 0 Å². The molecule has 0 saturated heterocycles. The fraction of sp³-hybridized carbons (Fsp3) is 0.0667. The maximum atomic E-state index is 11.9. The number of pyridine rings is 1. The van der Waals surface area contributed by atoms with Gasteiger partial charge in [-0.2, -0.15) is 5.10 Å². The molecule has 0 amide bonds. The van der Waals surface area contributed by atoms with E-state index in [-0.39, 0.29) is 5.69 Å². The maximum Gasteiger partial charge on any atom is 0.348 e. The lowest BCUT2D eigenvalue weighted by molar-refractivity contribution is 0.582. The van der Waals surface area contributed by atoms with Crippen LogP contribution in [0.25, 0.3) is 27.9 Å². The number of hydrogen-bond donors (Lipinski definition) is 1. The predicted molar refractivity (Wildman–Crippen MR) is 75.8 cm³/mol. The van der Waals surface area contributed by atoms with Gasteiger partial charge in [0.15, 0.2) is 5.65 Å². The Labute approximate surface area is 113 Å². The average Bonchev–Trinajstić information content (AvgIpc) is 3.09. The third-order valence-electron chi connectivity index (χ3n) is 3.51. The molecular weight excluding hydrogens is 254 g/mol. The normalized spacial score (nSPS) is 11.4. The van der Waals surface area contributed by atoms with Crippen molar-refractivity contribution in [2.24, 2.45) is 0 Å². The molecular formula is C15H11N3O2. The van der Waals surface area contributed by atoms with Crippen LogP contribution in [0.5, 0.6) is 0 Å². The zero-order valence-corrected chi connectivity index (χ0v) is 10.8. The van der Waals surface area contributed by atoms with Gasteiger partial charge in [-0.3, -0.25) is 0 Å². The zero-order chi connectivity index (χ0) is 13.7. The number of nitrogens with one attached hydrogen (secondary N) is 1. The Morgan fingerprint density at radius 2 is 2.15 bits per heavy atom. The summed E-state index contributed by atoms with van der Waals surface area (Å²) < 4.78 is 6.99. The van der Waals surface area contributed by atoms with Gasteiger partial charge in [-0.05, 0) is 36.8 Å². The van der Waals surface area contributed by atoms with Crippen molar-refractivity contribution >= 4 is 16.6 Å². The first-order valence-electron chi connectivity index (χ1n) is 6.28. The van der Waals surface area contributed by atoms with E-state index in [1.165, 1.54) is 0 Å². The van der Waals surface area contributed by atoms with E-state index in [4.69, 9.17) is 4.42 Å². The topological polar surface area (TPSA) is 63.3 Å². The van der Waals surface area contributed by atoms with Gasteiger partial charge in [-0.25, -0.2) is 14.3 Å². The van der Waals surface area contributed by atoms with Crippen LogP contribution in [0.2, 0.25) is 0 Å². The molecule has 0 bridgehead atoms. The van der Waals surface area contributed by atoms with Gasteiger partial charge >= 0.3 is 5.69 Å². The minimum Gasteiger partial charge on any atom is -0.464 e. The van der Waals surface area contributed by atoms with Crippen LogP contribution >= 0.6 is 0 Å². The lowest BCUT2D eigenvalue weighted by Crippen LogP contribution is -2.10. The highest BCUT2D eigenvalue weighted by Gasteiger charge is 2.10. The Balaban J connectivity index is 2.17. The van der Waals surface area contributed by atoms with Crippen molar-refractivity contribution in [1.29, 1.82) is 0 Å². The number of furan rings is 1. The molecule has 0 atom stereocenters. The molecule has 1 N–H and O–H groups in total. The van der Waals surface area contributed by atoms with Gasteiger partial charge in [-0.1, -0.05) is 12.1 Å². The molecule has 1 aromatic carbocycles. The molecule has 0 aliphatic rings. The number of nitrogens with zero attached hydrogens (tertiary/aromatic N) is 2. The van der Waals surface area contributed by atoms with Crippen LogP contribution in [0.1, 0.15) is 5.56 Å². The minimum absolute atomic E-state index is 0.235. The van der Waals surface area contributed by atoms with E-state index in [0.717, 1.165) is 27.8 Å². The highest BCUT2D eigenvalue weighted by molar-refractivity contribution is 5.88. The summed E-state index contributed by atoms with van der Waals surface area (Å²) in [5.74, 6) is 0.776. The van der Waals surface area contributed by atoms with Crippen molar-refractivity contribution in [3.63, 3.8) is 0 Å². The molecule has 0 spiro atoms. The van der Waals surface area contributed by atoms with Crippen molar-refractivity contribution in [3.05, 3.63) is 58.7 Å². The molecule has 4 rings (SSSR count). The summed E-state index contributed by atoms with van der Waals surface area (Å²) in [5.41, 5.74) is 3.23. The first-order chi connectivity index (χ1) is 9.74. The highest BCUT2D eigenvalue weighted by Crippen LogP contribution is 2.26. The molecule has 0 aliphatic carbocycles. The largest absolute Gasteiger partial charge is 0.464 e. The van der Waals surface area contributed by atoms with Crippen molar-refractivity contribution < 1.29 is 4.42 Å². The molecule has 3 aromatic heterocycles. The molecule has 5 heteroatoms. The summed E-state index contributed by atoms with van der Waals surface area (Å²) in [6.07, 6.45) is 1.63. The molecule has 4 aromatic rings. The number of benzene rings is 1. The van der Waals surface area contributed by atoms with Crippen molar-refractivity contribution in [3.8, 4) is 11.3 Å². The quantitative estimate of drug-likeness (QED) is 0.575. The third-order valence-corrected chi connectivity index (χ3v) is 3.51. The molecule has 0 aliphatic heterocycles. The number of hydrogen-bond acceptors (Lipinski definition) is 3. The standard InChI is InChI=1S/C15H11N3O2/c1-9-7-14-16-17-15(19)18(14)12-8-10(4-5-11(9)12)13-3-2-6-20-13/h2-8H,1H3,(H,17,19). The molecule has 0 unspecified atom stereocenters. The van der Waals surface area contributed by atoms with E-state index in [0.29, 0.717) is 5.65 Å². The Morgan fingerprint density at radius 3 is 2.95 bits per heavy atom. The molecule has 0 saturated carbocycles. The van der Waals surface area contributed by atoms with Crippen LogP contribution < -0.4 is 5.69 Å². The smallest absolute Gasteiger partial charge is 0.348 e. The number of H-pyrrole nitrogens is 1. The number of rotatable bonds is 1. The Kier molecular flexibility index (Phi) is 2.12. The van der Waals surface area contributed by atoms with Crippen molar-refractivity contribution in [1.82, 2.24) is 14.6 Å². The monoisotopic (exact) mass is 265 g/mol. The number of fused-ring (bicyclic) bond motifs is 3. The lowest BCUT2D eigenvalue weighted by Gasteiger charge is -2.06. The lowest BCUT2D eigenvalue weighted by atomic mass is 10.1. The predicted octanol–water partition coefficient (Wildman–Crippen LogP) is 2.74. The highest BCUT2D eigenvalue weighted by atomic mass is 16.3. The first-order valence-corrected chi connectivity index (χ1v) is 6.28. The summed E-state index contributed by atoms with van der Waals surface area (Å²) in [7, 11) is 0.